The van der Waals surface area contributed by atoms with Crippen molar-refractivity contribution in [2.75, 3.05) is 38.0 Å². The number of aryl methyl sites for hydroxylation is 1. The van der Waals surface area contributed by atoms with Crippen LogP contribution in [0.25, 0.3) is 0 Å². The largest absolute Gasteiger partial charge is 0.324 e. The van der Waals surface area contributed by atoms with Gasteiger partial charge in [0, 0.05) is 31.9 Å². The number of benzene rings is 2. The van der Waals surface area contributed by atoms with E-state index in [-0.39, 0.29) is 12.5 Å². The van der Waals surface area contributed by atoms with Crippen LogP contribution in [0.3, 0.4) is 0 Å². The van der Waals surface area contributed by atoms with Gasteiger partial charge in [0.1, 0.15) is 0 Å². The highest BCUT2D eigenvalue weighted by Gasteiger charge is 2.29. The number of piperazine rings is 1. The predicted octanol–water partition coefficient (Wildman–Crippen LogP) is 4.19. The van der Waals surface area contributed by atoms with Gasteiger partial charge in [-0.2, -0.15) is 4.31 Å². The fraction of sp³-hybridized carbons (Fsp3) is 0.480. The number of nitrogens with zero attached hydrogens (tertiary/aromatic N) is 2. The Balaban J connectivity index is 1.63. The summed E-state index contributed by atoms with van der Waals surface area (Å²) in [5.74, 6) is 0.550. The third kappa shape index (κ3) is 5.57. The van der Waals surface area contributed by atoms with E-state index < -0.39 is 10.0 Å². The molecule has 3 rings (SSSR count). The zero-order valence-corrected chi connectivity index (χ0v) is 20.6. The molecule has 0 unspecified atom stereocenters. The van der Waals surface area contributed by atoms with Gasteiger partial charge in [0.25, 0.3) is 0 Å². The average Bonchev–Trinajstić information content (AvgIpc) is 2.74. The first-order valence-electron chi connectivity index (χ1n) is 11.3. The molecular weight excluding hydrogens is 422 g/mol. The Kier molecular flexibility index (Phi) is 7.75. The molecule has 7 heteroatoms. The van der Waals surface area contributed by atoms with Gasteiger partial charge in [0.05, 0.1) is 11.4 Å². The van der Waals surface area contributed by atoms with Crippen molar-refractivity contribution >= 4 is 21.6 Å². The van der Waals surface area contributed by atoms with Crippen molar-refractivity contribution in [3.8, 4) is 0 Å². The maximum atomic E-state index is 12.9. The average molecular weight is 458 g/mol. The second kappa shape index (κ2) is 10.1. The second-order valence-corrected chi connectivity index (χ2v) is 11.1. The van der Waals surface area contributed by atoms with Crippen LogP contribution >= 0.6 is 0 Å². The number of hydrogen-bond acceptors (Lipinski definition) is 4. The third-order valence-corrected chi connectivity index (χ3v) is 7.91. The minimum Gasteiger partial charge on any atom is -0.324 e. The van der Waals surface area contributed by atoms with Gasteiger partial charge in [-0.15, -0.1) is 0 Å². The van der Waals surface area contributed by atoms with Crippen molar-refractivity contribution in [3.05, 3.63) is 59.2 Å². The number of carbonyl (C=O) groups is 1. The van der Waals surface area contributed by atoms with E-state index in [1.165, 1.54) is 4.31 Å². The smallest absolute Gasteiger partial charge is 0.243 e. The number of anilines is 1. The lowest BCUT2D eigenvalue weighted by Gasteiger charge is -2.33. The Labute approximate surface area is 192 Å². The number of carbonyl (C=O) groups excluding carboxylic acids is 1. The normalized spacial score (nSPS) is 16.0. The molecule has 1 saturated heterocycles. The molecule has 0 aromatic heterocycles. The SMILES string of the molecule is Cc1ccc(S(=O)(=O)N2CCN(CC(=O)Nc3c(C(C)C)cccc3C(C)C)CC2)cc1. The Morgan fingerprint density at radius 1 is 0.906 bits per heavy atom. The first kappa shape index (κ1) is 24.4. The molecule has 0 spiro atoms. The van der Waals surface area contributed by atoms with E-state index in [9.17, 15) is 13.2 Å². The summed E-state index contributed by atoms with van der Waals surface area (Å²) in [4.78, 5) is 15.2. The quantitative estimate of drug-likeness (QED) is 0.677. The van der Waals surface area contributed by atoms with Crippen LogP contribution in [-0.4, -0.2) is 56.3 Å². The Morgan fingerprint density at radius 3 is 1.94 bits per heavy atom. The van der Waals surface area contributed by atoms with E-state index in [4.69, 9.17) is 0 Å². The summed E-state index contributed by atoms with van der Waals surface area (Å²) >= 11 is 0. The number of nitrogens with one attached hydrogen (secondary N) is 1. The van der Waals surface area contributed by atoms with Crippen molar-refractivity contribution in [1.82, 2.24) is 9.21 Å². The van der Waals surface area contributed by atoms with Crippen LogP contribution in [0.5, 0.6) is 0 Å². The van der Waals surface area contributed by atoms with Crippen molar-refractivity contribution in [3.63, 3.8) is 0 Å². The zero-order chi connectivity index (χ0) is 23.5. The summed E-state index contributed by atoms with van der Waals surface area (Å²) in [6, 6.07) is 13.1. The van der Waals surface area contributed by atoms with Crippen LogP contribution in [0.1, 0.15) is 56.2 Å². The molecule has 0 aliphatic carbocycles. The van der Waals surface area contributed by atoms with E-state index in [0.717, 1.165) is 22.4 Å². The number of sulfonamides is 1. The van der Waals surface area contributed by atoms with Crippen molar-refractivity contribution in [2.24, 2.45) is 0 Å². The molecule has 0 radical (unpaired) electrons. The minimum absolute atomic E-state index is 0.0603. The molecular formula is C25H35N3O3S. The summed E-state index contributed by atoms with van der Waals surface area (Å²) in [6.07, 6.45) is 0. The predicted molar refractivity (Wildman–Crippen MR) is 130 cm³/mol. The van der Waals surface area contributed by atoms with Crippen molar-refractivity contribution in [1.29, 1.82) is 0 Å². The maximum absolute atomic E-state index is 12.9. The van der Waals surface area contributed by atoms with Crippen LogP contribution < -0.4 is 5.32 Å². The van der Waals surface area contributed by atoms with E-state index >= 15 is 0 Å². The van der Waals surface area contributed by atoms with Gasteiger partial charge in [-0.1, -0.05) is 63.6 Å². The topological polar surface area (TPSA) is 69.7 Å². The molecule has 0 bridgehead atoms. The van der Waals surface area contributed by atoms with Gasteiger partial charge in [-0.3, -0.25) is 9.69 Å². The summed E-state index contributed by atoms with van der Waals surface area (Å²) in [7, 11) is -3.50. The van der Waals surface area contributed by atoms with Gasteiger partial charge in [0.15, 0.2) is 0 Å². The molecule has 0 saturated carbocycles. The lowest BCUT2D eigenvalue weighted by atomic mass is 9.92. The molecule has 2 aromatic rings. The minimum atomic E-state index is -3.50. The molecule has 2 aromatic carbocycles. The van der Waals surface area contributed by atoms with Gasteiger partial charge < -0.3 is 5.32 Å². The number of hydrogen-bond donors (Lipinski definition) is 1. The van der Waals surface area contributed by atoms with E-state index in [2.05, 4.69) is 45.1 Å². The zero-order valence-electron chi connectivity index (χ0n) is 19.8. The fourth-order valence-electron chi connectivity index (χ4n) is 4.06. The number of amides is 1. The number of rotatable bonds is 7. The highest BCUT2D eigenvalue weighted by molar-refractivity contribution is 7.89. The van der Waals surface area contributed by atoms with Gasteiger partial charge in [0.2, 0.25) is 15.9 Å². The molecule has 0 atom stereocenters. The lowest BCUT2D eigenvalue weighted by molar-refractivity contribution is -0.117. The third-order valence-electron chi connectivity index (χ3n) is 5.99. The van der Waals surface area contributed by atoms with Crippen LogP contribution in [0, 0.1) is 6.92 Å². The Morgan fingerprint density at radius 2 is 1.44 bits per heavy atom. The van der Waals surface area contributed by atoms with Crippen LogP contribution in [0.15, 0.2) is 47.4 Å². The summed E-state index contributed by atoms with van der Waals surface area (Å²) < 4.78 is 27.3. The van der Waals surface area contributed by atoms with Crippen LogP contribution in [-0.2, 0) is 14.8 Å². The highest BCUT2D eigenvalue weighted by Crippen LogP contribution is 2.32. The Bertz CT molecular complexity index is 1010. The standard InChI is InChI=1S/C25H35N3O3S/c1-18(2)22-7-6-8-23(19(3)4)25(22)26-24(29)17-27-13-15-28(16-14-27)32(30,31)21-11-9-20(5)10-12-21/h6-12,18-19H,13-17H2,1-5H3,(H,26,29). The van der Waals surface area contributed by atoms with E-state index in [1.807, 2.05) is 30.0 Å². The lowest BCUT2D eigenvalue weighted by Crippen LogP contribution is -2.50. The molecule has 32 heavy (non-hydrogen) atoms. The first-order chi connectivity index (χ1) is 15.1. The molecule has 1 fully saturated rings. The van der Waals surface area contributed by atoms with E-state index in [0.29, 0.717) is 42.9 Å². The first-order valence-corrected chi connectivity index (χ1v) is 12.8. The molecule has 174 valence electrons. The van der Waals surface area contributed by atoms with Gasteiger partial charge in [-0.05, 0) is 42.0 Å². The summed E-state index contributed by atoms with van der Waals surface area (Å²) in [5.41, 5.74) is 4.22. The van der Waals surface area contributed by atoms with Gasteiger partial charge >= 0.3 is 0 Å². The van der Waals surface area contributed by atoms with Crippen LogP contribution in [0.4, 0.5) is 5.69 Å². The second-order valence-electron chi connectivity index (χ2n) is 9.16. The van der Waals surface area contributed by atoms with Crippen molar-refractivity contribution < 1.29 is 13.2 Å². The van der Waals surface area contributed by atoms with Crippen molar-refractivity contribution in [2.45, 2.75) is 51.3 Å². The molecule has 6 nitrogen and oxygen atoms in total. The molecule has 1 amide bonds. The molecule has 1 aliphatic rings. The molecule has 1 N–H and O–H groups in total. The molecule has 1 aliphatic heterocycles. The monoisotopic (exact) mass is 457 g/mol. The van der Waals surface area contributed by atoms with Crippen LogP contribution in [0.2, 0.25) is 0 Å². The number of para-hydroxylation sites is 1. The summed E-state index contributed by atoms with van der Waals surface area (Å²) in [5, 5.41) is 3.15. The van der Waals surface area contributed by atoms with E-state index in [1.54, 1.807) is 12.1 Å². The maximum Gasteiger partial charge on any atom is 0.243 e. The summed E-state index contributed by atoms with van der Waals surface area (Å²) in [6.45, 7) is 12.5. The van der Waals surface area contributed by atoms with Gasteiger partial charge in [-0.25, -0.2) is 8.42 Å². The fourth-order valence-corrected chi connectivity index (χ4v) is 5.49. The Hall–Kier alpha value is -2.22. The molecule has 1 heterocycles. The highest BCUT2D eigenvalue weighted by atomic mass is 32.2.